The molecule has 3 heterocycles. The van der Waals surface area contributed by atoms with E-state index in [9.17, 15) is 4.39 Å². The average Bonchev–Trinajstić information content (AvgIpc) is 3.42. The zero-order valence-corrected chi connectivity index (χ0v) is 17.3. The van der Waals surface area contributed by atoms with Crippen molar-refractivity contribution in [2.75, 3.05) is 13.1 Å². The van der Waals surface area contributed by atoms with Crippen LogP contribution in [-0.2, 0) is 6.54 Å². The Labute approximate surface area is 179 Å². The molecular weight excluding hydrogens is 395 g/mol. The second kappa shape index (κ2) is 8.43. The maximum atomic E-state index is 13.5. The van der Waals surface area contributed by atoms with Gasteiger partial charge in [-0.1, -0.05) is 35.5 Å². The first-order valence-corrected chi connectivity index (χ1v) is 10.5. The van der Waals surface area contributed by atoms with Gasteiger partial charge in [-0.15, -0.1) is 0 Å². The summed E-state index contributed by atoms with van der Waals surface area (Å²) in [6, 6.07) is 16.2. The van der Waals surface area contributed by atoms with Crippen molar-refractivity contribution in [2.24, 2.45) is 0 Å². The van der Waals surface area contributed by atoms with E-state index in [-0.39, 0.29) is 11.7 Å². The van der Waals surface area contributed by atoms with Crippen LogP contribution < -0.4 is 0 Å². The lowest BCUT2D eigenvalue weighted by atomic mass is 9.98. The number of nitrogens with zero attached hydrogens (tertiary/aromatic N) is 4. The van der Waals surface area contributed by atoms with Gasteiger partial charge in [0.25, 0.3) is 0 Å². The van der Waals surface area contributed by atoms with Crippen LogP contribution in [0.25, 0.3) is 22.8 Å². The lowest BCUT2D eigenvalue weighted by Crippen LogP contribution is -2.34. The summed E-state index contributed by atoms with van der Waals surface area (Å²) >= 11 is 0. The Morgan fingerprint density at radius 1 is 1.06 bits per heavy atom. The summed E-state index contributed by atoms with van der Waals surface area (Å²) in [7, 11) is 0. The highest BCUT2D eigenvalue weighted by Crippen LogP contribution is 2.29. The Balaban J connectivity index is 1.29. The van der Waals surface area contributed by atoms with Crippen molar-refractivity contribution in [3.8, 4) is 22.8 Å². The zero-order valence-electron chi connectivity index (χ0n) is 17.3. The molecule has 1 aliphatic rings. The first kappa shape index (κ1) is 19.6. The van der Waals surface area contributed by atoms with E-state index in [1.807, 2.05) is 37.3 Å². The van der Waals surface area contributed by atoms with Crippen molar-refractivity contribution in [1.82, 2.24) is 20.0 Å². The molecule has 5 rings (SSSR count). The van der Waals surface area contributed by atoms with Crippen LogP contribution in [0.3, 0.4) is 0 Å². The van der Waals surface area contributed by atoms with Gasteiger partial charge in [0.1, 0.15) is 11.6 Å². The molecule has 4 aromatic rings. The Hall–Kier alpha value is -3.32. The van der Waals surface area contributed by atoms with Crippen LogP contribution in [0.15, 0.2) is 63.5 Å². The maximum absolute atomic E-state index is 13.5. The van der Waals surface area contributed by atoms with Crippen molar-refractivity contribution in [3.05, 3.63) is 77.8 Å². The first-order valence-electron chi connectivity index (χ1n) is 10.5. The van der Waals surface area contributed by atoms with Crippen molar-refractivity contribution < 1.29 is 13.3 Å². The van der Waals surface area contributed by atoms with Gasteiger partial charge < -0.3 is 8.94 Å². The Morgan fingerprint density at radius 2 is 1.90 bits per heavy atom. The standard InChI is InChI=1S/C24H23FN4O2/c1-16-21(26-23(30-16)17-7-3-2-4-8-17)15-29-12-6-10-19(14-29)24-27-22(28-31-24)18-9-5-11-20(25)13-18/h2-5,7-9,11,13,19H,6,10,12,14-15H2,1H3. The highest BCUT2D eigenvalue weighted by Gasteiger charge is 2.27. The SMILES string of the molecule is Cc1oc(-c2ccccc2)nc1CN1CCCC(c2nc(-c3cccc(F)c3)no2)C1. The van der Waals surface area contributed by atoms with Gasteiger partial charge in [-0.05, 0) is 50.6 Å². The molecule has 1 saturated heterocycles. The van der Waals surface area contributed by atoms with Crippen molar-refractivity contribution in [2.45, 2.75) is 32.2 Å². The number of halogens is 1. The molecule has 0 N–H and O–H groups in total. The third-order valence-electron chi connectivity index (χ3n) is 5.67. The summed E-state index contributed by atoms with van der Waals surface area (Å²) in [6.45, 7) is 4.45. The highest BCUT2D eigenvalue weighted by atomic mass is 19.1. The van der Waals surface area contributed by atoms with Crippen LogP contribution in [0.1, 0.15) is 36.1 Å². The molecule has 7 heteroatoms. The summed E-state index contributed by atoms with van der Waals surface area (Å²) in [5.74, 6) is 2.35. The van der Waals surface area contributed by atoms with E-state index in [4.69, 9.17) is 13.9 Å². The summed E-state index contributed by atoms with van der Waals surface area (Å²) < 4.78 is 25.0. The smallest absolute Gasteiger partial charge is 0.231 e. The van der Waals surface area contributed by atoms with Crippen LogP contribution >= 0.6 is 0 Å². The number of oxazole rings is 1. The summed E-state index contributed by atoms with van der Waals surface area (Å²) in [5.41, 5.74) is 2.55. The highest BCUT2D eigenvalue weighted by molar-refractivity contribution is 5.54. The monoisotopic (exact) mass is 418 g/mol. The fraction of sp³-hybridized carbons (Fsp3) is 0.292. The minimum Gasteiger partial charge on any atom is -0.441 e. The molecule has 2 aromatic heterocycles. The molecule has 0 spiro atoms. The predicted octanol–water partition coefficient (Wildman–Crippen LogP) is 5.22. The first-order chi connectivity index (χ1) is 15.2. The molecule has 1 fully saturated rings. The molecule has 2 aromatic carbocycles. The average molecular weight is 418 g/mol. The number of rotatable bonds is 5. The lowest BCUT2D eigenvalue weighted by Gasteiger charge is -2.30. The van der Waals surface area contributed by atoms with E-state index in [1.54, 1.807) is 12.1 Å². The lowest BCUT2D eigenvalue weighted by molar-refractivity contribution is 0.178. The fourth-order valence-electron chi connectivity index (χ4n) is 4.04. The molecule has 0 radical (unpaired) electrons. The normalized spacial score (nSPS) is 17.2. The number of aromatic nitrogens is 3. The van der Waals surface area contributed by atoms with Gasteiger partial charge in [0.2, 0.25) is 17.6 Å². The third-order valence-corrected chi connectivity index (χ3v) is 5.67. The van der Waals surface area contributed by atoms with Crippen molar-refractivity contribution in [1.29, 1.82) is 0 Å². The number of aryl methyl sites for hydroxylation is 1. The number of hydrogen-bond donors (Lipinski definition) is 0. The van der Waals surface area contributed by atoms with E-state index < -0.39 is 0 Å². The third kappa shape index (κ3) is 4.27. The number of benzene rings is 2. The number of likely N-dealkylation sites (tertiary alicyclic amines) is 1. The van der Waals surface area contributed by atoms with Gasteiger partial charge in [-0.2, -0.15) is 4.98 Å². The van der Waals surface area contributed by atoms with Crippen LogP contribution in [0.2, 0.25) is 0 Å². The van der Waals surface area contributed by atoms with Gasteiger partial charge in [0.15, 0.2) is 0 Å². The van der Waals surface area contributed by atoms with Crippen molar-refractivity contribution in [3.63, 3.8) is 0 Å². The molecule has 1 unspecified atom stereocenters. The molecule has 0 bridgehead atoms. The summed E-state index contributed by atoms with van der Waals surface area (Å²) in [4.78, 5) is 11.6. The van der Waals surface area contributed by atoms with Gasteiger partial charge in [-0.25, -0.2) is 9.37 Å². The molecule has 0 amide bonds. The fourth-order valence-corrected chi connectivity index (χ4v) is 4.04. The van der Waals surface area contributed by atoms with E-state index in [0.29, 0.717) is 29.7 Å². The van der Waals surface area contributed by atoms with E-state index >= 15 is 0 Å². The molecule has 0 aliphatic carbocycles. The second-order valence-electron chi connectivity index (χ2n) is 7.93. The molecule has 158 valence electrons. The number of hydrogen-bond acceptors (Lipinski definition) is 6. The summed E-state index contributed by atoms with van der Waals surface area (Å²) in [5, 5.41) is 4.06. The predicted molar refractivity (Wildman–Crippen MR) is 114 cm³/mol. The minimum absolute atomic E-state index is 0.143. The Morgan fingerprint density at radius 3 is 2.74 bits per heavy atom. The second-order valence-corrected chi connectivity index (χ2v) is 7.93. The van der Waals surface area contributed by atoms with Crippen LogP contribution in [-0.4, -0.2) is 33.1 Å². The van der Waals surface area contributed by atoms with Gasteiger partial charge in [0.05, 0.1) is 11.6 Å². The molecular formula is C24H23FN4O2. The van der Waals surface area contributed by atoms with Gasteiger partial charge in [0, 0.05) is 24.2 Å². The van der Waals surface area contributed by atoms with Crippen LogP contribution in [0, 0.1) is 12.7 Å². The Kier molecular flexibility index (Phi) is 5.34. The van der Waals surface area contributed by atoms with Crippen LogP contribution in [0.5, 0.6) is 0 Å². The maximum Gasteiger partial charge on any atom is 0.231 e. The van der Waals surface area contributed by atoms with Crippen LogP contribution in [0.4, 0.5) is 4.39 Å². The molecule has 1 aliphatic heterocycles. The largest absolute Gasteiger partial charge is 0.441 e. The topological polar surface area (TPSA) is 68.2 Å². The molecule has 31 heavy (non-hydrogen) atoms. The van der Waals surface area contributed by atoms with E-state index in [0.717, 1.165) is 42.9 Å². The molecule has 0 saturated carbocycles. The van der Waals surface area contributed by atoms with E-state index in [1.165, 1.54) is 12.1 Å². The molecule has 1 atom stereocenters. The van der Waals surface area contributed by atoms with Crippen molar-refractivity contribution >= 4 is 0 Å². The number of piperidine rings is 1. The van der Waals surface area contributed by atoms with Gasteiger partial charge >= 0.3 is 0 Å². The zero-order chi connectivity index (χ0) is 21.2. The van der Waals surface area contributed by atoms with Gasteiger partial charge in [-0.3, -0.25) is 4.90 Å². The van der Waals surface area contributed by atoms with E-state index in [2.05, 4.69) is 15.0 Å². The Bertz CT molecular complexity index is 1170. The molecule has 6 nitrogen and oxygen atoms in total. The quantitative estimate of drug-likeness (QED) is 0.443. The minimum atomic E-state index is -0.314. The summed E-state index contributed by atoms with van der Waals surface area (Å²) in [6.07, 6.45) is 2.01.